The van der Waals surface area contributed by atoms with Crippen LogP contribution in [-0.2, 0) is 0 Å². The van der Waals surface area contributed by atoms with Gasteiger partial charge in [0.15, 0.2) is 4.96 Å². The van der Waals surface area contributed by atoms with Crippen LogP contribution >= 0.6 is 11.3 Å². The number of aryl methyl sites for hydroxylation is 1. The minimum absolute atomic E-state index is 0.917. The maximum Gasteiger partial charge on any atom is 0.195 e. The predicted octanol–water partition coefficient (Wildman–Crippen LogP) is 2.94. The van der Waals surface area contributed by atoms with Crippen LogP contribution in [0.2, 0.25) is 0 Å². The second-order valence-corrected chi connectivity index (χ2v) is 4.63. The van der Waals surface area contributed by atoms with E-state index in [2.05, 4.69) is 9.98 Å². The Bertz CT molecular complexity index is 710. The Kier molecular flexibility index (Phi) is 2.49. The van der Waals surface area contributed by atoms with Crippen LogP contribution in [0, 0.1) is 6.92 Å². The molecular weight excluding hydrogens is 230 g/mol. The molecule has 0 fully saturated rings. The van der Waals surface area contributed by atoms with Gasteiger partial charge in [-0.2, -0.15) is 0 Å². The lowest BCUT2D eigenvalue weighted by atomic mass is 10.3. The van der Waals surface area contributed by atoms with E-state index >= 15 is 0 Å². The van der Waals surface area contributed by atoms with E-state index in [1.807, 2.05) is 59.3 Å². The third kappa shape index (κ3) is 1.99. The zero-order chi connectivity index (χ0) is 11.7. The van der Waals surface area contributed by atoms with Gasteiger partial charge in [0.1, 0.15) is 5.49 Å². The van der Waals surface area contributed by atoms with Gasteiger partial charge < -0.3 is 0 Å². The Morgan fingerprint density at radius 3 is 2.88 bits per heavy atom. The third-order valence-electron chi connectivity index (χ3n) is 2.45. The maximum atomic E-state index is 4.63. The summed E-state index contributed by atoms with van der Waals surface area (Å²) in [5, 5.41) is 2.02. The summed E-state index contributed by atoms with van der Waals surface area (Å²) in [7, 11) is 0. The molecule has 3 aromatic rings. The summed E-state index contributed by atoms with van der Waals surface area (Å²) in [4.78, 5) is 10.1. The van der Waals surface area contributed by atoms with Crippen molar-refractivity contribution in [2.45, 2.75) is 6.92 Å². The van der Waals surface area contributed by atoms with Crippen LogP contribution in [0.5, 0.6) is 0 Å². The summed E-state index contributed by atoms with van der Waals surface area (Å²) >= 11 is 1.62. The normalized spacial score (nSPS) is 12.2. The van der Waals surface area contributed by atoms with Crippen molar-refractivity contribution in [2.75, 3.05) is 0 Å². The Morgan fingerprint density at radius 2 is 2.06 bits per heavy atom. The first-order chi connectivity index (χ1) is 8.33. The van der Waals surface area contributed by atoms with E-state index < -0.39 is 0 Å². The van der Waals surface area contributed by atoms with E-state index in [0.717, 1.165) is 21.8 Å². The van der Waals surface area contributed by atoms with Crippen molar-refractivity contribution in [1.82, 2.24) is 9.38 Å². The average molecular weight is 241 g/mol. The van der Waals surface area contributed by atoms with Gasteiger partial charge >= 0.3 is 0 Å². The molecule has 0 amide bonds. The molecule has 84 valence electrons. The fourth-order valence-electron chi connectivity index (χ4n) is 1.69. The van der Waals surface area contributed by atoms with Gasteiger partial charge in [-0.25, -0.2) is 9.98 Å². The fourth-order valence-corrected chi connectivity index (χ4v) is 2.46. The van der Waals surface area contributed by atoms with E-state index in [4.69, 9.17) is 0 Å². The molecule has 3 rings (SSSR count). The summed E-state index contributed by atoms with van der Waals surface area (Å²) in [6, 6.07) is 11.9. The molecule has 0 spiro atoms. The summed E-state index contributed by atoms with van der Waals surface area (Å²) in [6.07, 6.45) is 1.99. The molecule has 0 aliphatic carbocycles. The summed E-state index contributed by atoms with van der Waals surface area (Å²) < 4.78 is 2.00. The van der Waals surface area contributed by atoms with Crippen molar-refractivity contribution in [3.05, 3.63) is 59.2 Å². The Hall–Kier alpha value is -1.94. The van der Waals surface area contributed by atoms with E-state index in [9.17, 15) is 0 Å². The summed E-state index contributed by atoms with van der Waals surface area (Å²) in [5.41, 5.74) is 2.86. The molecular formula is C13H11N3S. The van der Waals surface area contributed by atoms with Gasteiger partial charge in [-0.05, 0) is 19.1 Å². The van der Waals surface area contributed by atoms with Crippen LogP contribution in [0.1, 0.15) is 5.69 Å². The molecule has 0 saturated carbocycles. The van der Waals surface area contributed by atoms with Gasteiger partial charge in [-0.15, -0.1) is 11.3 Å². The van der Waals surface area contributed by atoms with Gasteiger partial charge in [0, 0.05) is 23.3 Å². The first-order valence-corrected chi connectivity index (χ1v) is 6.24. The lowest BCUT2D eigenvalue weighted by molar-refractivity contribution is 1.00. The van der Waals surface area contributed by atoms with Crippen molar-refractivity contribution >= 4 is 22.0 Å². The first kappa shape index (κ1) is 10.2. The lowest BCUT2D eigenvalue weighted by Gasteiger charge is -1.98. The molecule has 0 atom stereocenters. The maximum absolute atomic E-state index is 4.63. The Balaban J connectivity index is 2.30. The highest BCUT2D eigenvalue weighted by molar-refractivity contribution is 7.15. The van der Waals surface area contributed by atoms with Crippen LogP contribution in [0.15, 0.2) is 53.0 Å². The van der Waals surface area contributed by atoms with Crippen molar-refractivity contribution in [3.63, 3.8) is 0 Å². The highest BCUT2D eigenvalue weighted by Crippen LogP contribution is 2.10. The van der Waals surface area contributed by atoms with Gasteiger partial charge in [-0.1, -0.05) is 18.2 Å². The number of para-hydroxylation sites is 1. The quantitative estimate of drug-likeness (QED) is 0.644. The van der Waals surface area contributed by atoms with Gasteiger partial charge in [-0.3, -0.25) is 4.40 Å². The molecule has 2 heterocycles. The number of thiazole rings is 1. The summed E-state index contributed by atoms with van der Waals surface area (Å²) in [6.45, 7) is 1.99. The zero-order valence-corrected chi connectivity index (χ0v) is 10.2. The molecule has 1 aromatic carbocycles. The molecule has 0 aliphatic heterocycles. The number of nitrogens with zero attached hydrogens (tertiary/aromatic N) is 3. The topological polar surface area (TPSA) is 29.7 Å². The number of benzene rings is 1. The standard InChI is InChI=1S/C13H11N3S/c1-10-9-12(15-11-5-3-2-4-6-11)16-7-8-17-13(16)14-10/h2-9H,1H3. The van der Waals surface area contributed by atoms with E-state index in [1.54, 1.807) is 11.3 Å². The Labute approximate surface area is 103 Å². The molecule has 0 N–H and O–H groups in total. The minimum atomic E-state index is 0.917. The lowest BCUT2D eigenvalue weighted by Crippen LogP contribution is -2.13. The number of fused-ring (bicyclic) bond motifs is 1. The van der Waals surface area contributed by atoms with Crippen LogP contribution in [0.4, 0.5) is 5.69 Å². The van der Waals surface area contributed by atoms with Crippen molar-refractivity contribution < 1.29 is 0 Å². The van der Waals surface area contributed by atoms with E-state index in [1.165, 1.54) is 0 Å². The van der Waals surface area contributed by atoms with E-state index in [-0.39, 0.29) is 0 Å². The molecule has 17 heavy (non-hydrogen) atoms. The van der Waals surface area contributed by atoms with Crippen LogP contribution < -0.4 is 5.49 Å². The second kappa shape index (κ2) is 4.14. The van der Waals surface area contributed by atoms with Crippen LogP contribution in [0.3, 0.4) is 0 Å². The number of hydrogen-bond donors (Lipinski definition) is 0. The molecule has 3 nitrogen and oxygen atoms in total. The van der Waals surface area contributed by atoms with Crippen molar-refractivity contribution in [2.24, 2.45) is 4.99 Å². The van der Waals surface area contributed by atoms with E-state index in [0.29, 0.717) is 0 Å². The number of aromatic nitrogens is 2. The predicted molar refractivity (Wildman–Crippen MR) is 69.5 cm³/mol. The van der Waals surface area contributed by atoms with Gasteiger partial charge in [0.2, 0.25) is 0 Å². The average Bonchev–Trinajstić information content (AvgIpc) is 2.78. The van der Waals surface area contributed by atoms with Crippen LogP contribution in [-0.4, -0.2) is 9.38 Å². The number of rotatable bonds is 1. The second-order valence-electron chi connectivity index (χ2n) is 3.76. The molecule has 0 bridgehead atoms. The van der Waals surface area contributed by atoms with Crippen LogP contribution in [0.25, 0.3) is 4.96 Å². The highest BCUT2D eigenvalue weighted by Gasteiger charge is 1.98. The van der Waals surface area contributed by atoms with Crippen molar-refractivity contribution in [3.8, 4) is 0 Å². The van der Waals surface area contributed by atoms with Gasteiger partial charge in [0.25, 0.3) is 0 Å². The van der Waals surface area contributed by atoms with Crippen molar-refractivity contribution in [1.29, 1.82) is 0 Å². The Morgan fingerprint density at radius 1 is 1.24 bits per heavy atom. The third-order valence-corrected chi connectivity index (χ3v) is 3.20. The smallest absolute Gasteiger partial charge is 0.195 e. The molecule has 0 unspecified atom stereocenters. The fraction of sp³-hybridized carbons (Fsp3) is 0.0769. The highest BCUT2D eigenvalue weighted by atomic mass is 32.1. The first-order valence-electron chi connectivity index (χ1n) is 5.36. The molecule has 0 radical (unpaired) electrons. The molecule has 0 aliphatic rings. The largest absolute Gasteiger partial charge is 0.276 e. The molecule has 2 aromatic heterocycles. The van der Waals surface area contributed by atoms with Gasteiger partial charge in [0.05, 0.1) is 5.69 Å². The molecule has 4 heteroatoms. The zero-order valence-electron chi connectivity index (χ0n) is 9.37. The molecule has 0 saturated heterocycles. The minimum Gasteiger partial charge on any atom is -0.276 e. The summed E-state index contributed by atoms with van der Waals surface area (Å²) in [5.74, 6) is 0. The monoisotopic (exact) mass is 241 g/mol. The number of hydrogen-bond acceptors (Lipinski definition) is 3. The SMILES string of the molecule is Cc1cc(=Nc2ccccc2)n2ccsc2n1.